The zero-order valence-corrected chi connectivity index (χ0v) is 24.4. The van der Waals surface area contributed by atoms with E-state index in [2.05, 4.69) is 10.2 Å². The molecule has 3 heterocycles. The first kappa shape index (κ1) is 29.5. The average molecular weight is 594 g/mol. The molecular formula is C33H37F2N3O5. The number of fused-ring (bicyclic) bond motifs is 1. The predicted octanol–water partition coefficient (Wildman–Crippen LogP) is 6.11. The lowest BCUT2D eigenvalue weighted by molar-refractivity contribution is -0.165. The Kier molecular flexibility index (Phi) is 8.88. The number of carbonyl (C=O) groups excluding carboxylic acids is 1. The summed E-state index contributed by atoms with van der Waals surface area (Å²) in [7, 11) is 0. The molecule has 3 aliphatic rings. The Hall–Kier alpha value is -3.60. The van der Waals surface area contributed by atoms with Crippen LogP contribution in [0.1, 0.15) is 52.7 Å². The normalized spacial score (nSPS) is 19.6. The number of nitrogens with zero attached hydrogens (tertiary/aromatic N) is 2. The minimum absolute atomic E-state index is 0.0161. The van der Waals surface area contributed by atoms with Gasteiger partial charge in [0.2, 0.25) is 5.88 Å². The van der Waals surface area contributed by atoms with Crippen molar-refractivity contribution in [2.75, 3.05) is 56.3 Å². The first-order valence-corrected chi connectivity index (χ1v) is 15.0. The van der Waals surface area contributed by atoms with E-state index >= 15 is 0 Å². The summed E-state index contributed by atoms with van der Waals surface area (Å²) in [6.45, 7) is 6.15. The number of ether oxygens (including phenoxy) is 4. The Labute approximate surface area is 250 Å². The molecule has 2 aromatic carbocycles. The Balaban J connectivity index is 1.21. The van der Waals surface area contributed by atoms with Crippen LogP contribution in [0, 0.1) is 6.92 Å². The second kappa shape index (κ2) is 13.0. The van der Waals surface area contributed by atoms with Gasteiger partial charge in [-0.2, -0.15) is 4.98 Å². The highest BCUT2D eigenvalue weighted by atomic mass is 19.3. The van der Waals surface area contributed by atoms with E-state index in [4.69, 9.17) is 23.9 Å². The number of amides is 1. The Morgan fingerprint density at radius 3 is 2.74 bits per heavy atom. The number of carbonyl (C=O) groups is 1. The summed E-state index contributed by atoms with van der Waals surface area (Å²) in [6, 6.07) is 14.0. The number of benzene rings is 2. The van der Waals surface area contributed by atoms with Gasteiger partial charge >= 0.3 is 0 Å². The third kappa shape index (κ3) is 6.98. The Bertz CT molecular complexity index is 1450. The van der Waals surface area contributed by atoms with Gasteiger partial charge in [-0.05, 0) is 85.2 Å². The van der Waals surface area contributed by atoms with E-state index in [0.717, 1.165) is 61.5 Å². The van der Waals surface area contributed by atoms with Crippen molar-refractivity contribution in [3.05, 3.63) is 70.8 Å². The number of morpholine rings is 1. The maximum Gasteiger partial charge on any atom is 0.273 e. The molecule has 228 valence electrons. The fourth-order valence-electron chi connectivity index (χ4n) is 5.78. The maximum atomic E-state index is 14.1. The second-order valence-corrected chi connectivity index (χ2v) is 11.2. The number of pyridine rings is 1. The molecule has 1 aliphatic carbocycles. The lowest BCUT2D eigenvalue weighted by Gasteiger charge is -2.28. The number of hydrogen-bond donors (Lipinski definition) is 1. The molecule has 6 rings (SSSR count). The van der Waals surface area contributed by atoms with Gasteiger partial charge in [0, 0.05) is 49.0 Å². The number of nitrogens with one attached hydrogen (secondary N) is 1. The molecule has 0 saturated carbocycles. The van der Waals surface area contributed by atoms with Crippen LogP contribution >= 0.6 is 0 Å². The standard InChI is InChI=1S/C33H37F2N3O5/c1-22-5-7-26(36-32(39)24-6-8-28-23(18-24)9-10-33(28,34)35)21-27(22)25-19-29(38-11-14-40-15-12-38)37-30(20-25)41-16-17-43-31-4-2-3-13-42-31/h5-8,18-21,31H,2-4,9-17H2,1H3,(H,36,39). The summed E-state index contributed by atoms with van der Waals surface area (Å²) < 4.78 is 51.2. The van der Waals surface area contributed by atoms with E-state index in [9.17, 15) is 13.6 Å². The summed E-state index contributed by atoms with van der Waals surface area (Å²) in [4.78, 5) is 20.1. The molecule has 2 fully saturated rings. The number of halogens is 2. The highest BCUT2D eigenvalue weighted by molar-refractivity contribution is 6.04. The zero-order valence-electron chi connectivity index (χ0n) is 24.4. The number of aryl methyl sites for hydroxylation is 2. The summed E-state index contributed by atoms with van der Waals surface area (Å²) in [6.07, 6.45) is 2.92. The lowest BCUT2D eigenvalue weighted by atomic mass is 10.00. The molecule has 0 spiro atoms. The molecule has 8 nitrogen and oxygen atoms in total. The number of alkyl halides is 2. The monoisotopic (exact) mass is 593 g/mol. The molecule has 1 atom stereocenters. The van der Waals surface area contributed by atoms with Crippen LogP contribution in [0.25, 0.3) is 11.1 Å². The fraction of sp³-hybridized carbons (Fsp3) is 0.455. The van der Waals surface area contributed by atoms with E-state index in [1.54, 1.807) is 6.07 Å². The molecule has 0 bridgehead atoms. The van der Waals surface area contributed by atoms with Crippen LogP contribution < -0.4 is 15.0 Å². The quantitative estimate of drug-likeness (QED) is 0.300. The van der Waals surface area contributed by atoms with Crippen molar-refractivity contribution < 1.29 is 32.5 Å². The lowest BCUT2D eigenvalue weighted by Crippen LogP contribution is -2.36. The van der Waals surface area contributed by atoms with Crippen molar-refractivity contribution in [2.45, 2.75) is 51.2 Å². The van der Waals surface area contributed by atoms with Crippen LogP contribution in [0.3, 0.4) is 0 Å². The highest BCUT2D eigenvalue weighted by Crippen LogP contribution is 2.42. The summed E-state index contributed by atoms with van der Waals surface area (Å²) in [5, 5.41) is 2.94. The average Bonchev–Trinajstić information content (AvgIpc) is 3.34. The van der Waals surface area contributed by atoms with Crippen molar-refractivity contribution >= 4 is 17.4 Å². The Morgan fingerprint density at radius 1 is 1.07 bits per heavy atom. The zero-order chi connectivity index (χ0) is 29.8. The van der Waals surface area contributed by atoms with Crippen molar-refractivity contribution in [1.29, 1.82) is 0 Å². The smallest absolute Gasteiger partial charge is 0.273 e. The van der Waals surface area contributed by atoms with Gasteiger partial charge in [-0.1, -0.05) is 12.1 Å². The minimum atomic E-state index is -2.83. The predicted molar refractivity (Wildman–Crippen MR) is 159 cm³/mol. The third-order valence-corrected chi connectivity index (χ3v) is 8.17. The highest BCUT2D eigenvalue weighted by Gasteiger charge is 2.39. The van der Waals surface area contributed by atoms with E-state index in [1.165, 1.54) is 12.1 Å². The van der Waals surface area contributed by atoms with Crippen molar-refractivity contribution in [1.82, 2.24) is 4.98 Å². The molecular weight excluding hydrogens is 556 g/mol. The Morgan fingerprint density at radius 2 is 1.93 bits per heavy atom. The molecule has 1 aromatic heterocycles. The van der Waals surface area contributed by atoms with Crippen LogP contribution in [0.5, 0.6) is 5.88 Å². The van der Waals surface area contributed by atoms with Gasteiger partial charge < -0.3 is 29.2 Å². The van der Waals surface area contributed by atoms with E-state index in [1.807, 2.05) is 37.3 Å². The third-order valence-electron chi connectivity index (χ3n) is 8.17. The molecule has 1 unspecified atom stereocenters. The number of hydrogen-bond acceptors (Lipinski definition) is 7. The van der Waals surface area contributed by atoms with Crippen LogP contribution in [-0.2, 0) is 26.6 Å². The molecule has 43 heavy (non-hydrogen) atoms. The van der Waals surface area contributed by atoms with Crippen molar-refractivity contribution in [2.24, 2.45) is 0 Å². The van der Waals surface area contributed by atoms with Gasteiger partial charge in [0.05, 0.1) is 19.8 Å². The van der Waals surface area contributed by atoms with Crippen molar-refractivity contribution in [3.8, 4) is 17.0 Å². The molecule has 3 aromatic rings. The molecule has 1 N–H and O–H groups in total. The van der Waals surface area contributed by atoms with Gasteiger partial charge in [0.15, 0.2) is 6.29 Å². The van der Waals surface area contributed by atoms with Gasteiger partial charge in [0.25, 0.3) is 11.8 Å². The van der Waals surface area contributed by atoms with E-state index in [0.29, 0.717) is 49.1 Å². The van der Waals surface area contributed by atoms with Crippen molar-refractivity contribution in [3.63, 3.8) is 0 Å². The van der Waals surface area contributed by atoms with E-state index < -0.39 is 5.92 Å². The summed E-state index contributed by atoms with van der Waals surface area (Å²) >= 11 is 0. The first-order chi connectivity index (χ1) is 20.9. The molecule has 10 heteroatoms. The number of anilines is 2. The largest absolute Gasteiger partial charge is 0.475 e. The molecule has 1 amide bonds. The van der Waals surface area contributed by atoms with Gasteiger partial charge in [-0.3, -0.25) is 4.79 Å². The molecule has 2 aliphatic heterocycles. The maximum absolute atomic E-state index is 14.1. The van der Waals surface area contributed by atoms with Crippen LogP contribution in [0.15, 0.2) is 48.5 Å². The van der Waals surface area contributed by atoms with Crippen LogP contribution in [0.2, 0.25) is 0 Å². The fourth-order valence-corrected chi connectivity index (χ4v) is 5.78. The molecule has 0 radical (unpaired) electrons. The number of rotatable bonds is 9. The summed E-state index contributed by atoms with van der Waals surface area (Å²) in [5.41, 5.74) is 4.33. The van der Waals surface area contributed by atoms with Gasteiger partial charge in [-0.15, -0.1) is 0 Å². The van der Waals surface area contributed by atoms with Gasteiger partial charge in [0.1, 0.15) is 12.4 Å². The summed E-state index contributed by atoms with van der Waals surface area (Å²) in [5.74, 6) is -1.91. The van der Waals surface area contributed by atoms with Crippen LogP contribution in [-0.4, -0.2) is 63.3 Å². The molecule has 2 saturated heterocycles. The van der Waals surface area contributed by atoms with Crippen LogP contribution in [0.4, 0.5) is 20.3 Å². The topological polar surface area (TPSA) is 82.2 Å². The van der Waals surface area contributed by atoms with E-state index in [-0.39, 0.29) is 30.6 Å². The SMILES string of the molecule is Cc1ccc(NC(=O)c2ccc3c(c2)CCC3(F)F)cc1-c1cc(OCCOC2CCCCO2)nc(N2CCOCC2)c1. The number of aromatic nitrogens is 1. The minimum Gasteiger partial charge on any atom is -0.475 e. The first-order valence-electron chi connectivity index (χ1n) is 15.0. The second-order valence-electron chi connectivity index (χ2n) is 11.2. The van der Waals surface area contributed by atoms with Gasteiger partial charge in [-0.25, -0.2) is 8.78 Å².